The van der Waals surface area contributed by atoms with E-state index >= 15 is 0 Å². The lowest BCUT2D eigenvalue weighted by Gasteiger charge is -2.33. The van der Waals surface area contributed by atoms with Crippen molar-refractivity contribution in [2.24, 2.45) is 11.3 Å². The van der Waals surface area contributed by atoms with Crippen LogP contribution in [0, 0.1) is 11.3 Å². The summed E-state index contributed by atoms with van der Waals surface area (Å²) in [4.78, 5) is 14.1. The standard InChI is InChI=1S/C18H31N3O2/c1-13(2)16(22)18(3,4)12-19-17(23)20-15-9-7-8-14(10-15)11-21(5)6/h7-10,13,16,22H,11-12H2,1-6H3,(H2,19,20,23). The third kappa shape index (κ3) is 6.59. The lowest BCUT2D eigenvalue weighted by atomic mass is 9.81. The summed E-state index contributed by atoms with van der Waals surface area (Å²) in [5.74, 6) is 0.151. The highest BCUT2D eigenvalue weighted by Gasteiger charge is 2.30. The number of hydrogen-bond acceptors (Lipinski definition) is 3. The zero-order valence-corrected chi connectivity index (χ0v) is 15.2. The topological polar surface area (TPSA) is 64.6 Å². The molecule has 0 saturated heterocycles. The monoisotopic (exact) mass is 321 g/mol. The van der Waals surface area contributed by atoms with Gasteiger partial charge in [0.2, 0.25) is 0 Å². The molecule has 3 N–H and O–H groups in total. The second-order valence-electron chi connectivity index (χ2n) is 7.42. The minimum Gasteiger partial charge on any atom is -0.392 e. The quantitative estimate of drug-likeness (QED) is 0.723. The minimum atomic E-state index is -0.466. The Labute approximate surface area is 140 Å². The molecule has 130 valence electrons. The van der Waals surface area contributed by atoms with E-state index in [-0.39, 0.29) is 17.4 Å². The Bertz CT molecular complexity index is 513. The molecule has 1 aromatic rings. The molecular formula is C18H31N3O2. The van der Waals surface area contributed by atoms with Crippen molar-refractivity contribution >= 4 is 11.7 Å². The smallest absolute Gasteiger partial charge is 0.319 e. The second kappa shape index (κ2) is 8.31. The molecule has 1 atom stereocenters. The molecule has 0 fully saturated rings. The summed E-state index contributed by atoms with van der Waals surface area (Å²) < 4.78 is 0. The molecule has 0 aliphatic rings. The van der Waals surface area contributed by atoms with Crippen LogP contribution >= 0.6 is 0 Å². The van der Waals surface area contributed by atoms with E-state index in [9.17, 15) is 9.90 Å². The first-order chi connectivity index (χ1) is 10.6. The molecule has 1 unspecified atom stereocenters. The van der Waals surface area contributed by atoms with E-state index in [0.717, 1.165) is 17.8 Å². The molecule has 0 aliphatic heterocycles. The summed E-state index contributed by atoms with van der Waals surface area (Å²) in [6.45, 7) is 9.09. The van der Waals surface area contributed by atoms with Gasteiger partial charge in [0.05, 0.1) is 6.10 Å². The van der Waals surface area contributed by atoms with Crippen LogP contribution in [0.1, 0.15) is 33.3 Å². The number of urea groups is 1. The fourth-order valence-electron chi connectivity index (χ4n) is 2.60. The first kappa shape index (κ1) is 19.5. The first-order valence-corrected chi connectivity index (χ1v) is 8.08. The van der Waals surface area contributed by atoms with Gasteiger partial charge >= 0.3 is 6.03 Å². The van der Waals surface area contributed by atoms with Crippen molar-refractivity contribution in [2.75, 3.05) is 26.0 Å². The predicted octanol–water partition coefficient (Wildman–Crippen LogP) is 2.91. The molecule has 5 heteroatoms. The van der Waals surface area contributed by atoms with Crippen LogP contribution in [0.3, 0.4) is 0 Å². The lowest BCUT2D eigenvalue weighted by molar-refractivity contribution is 0.0154. The van der Waals surface area contributed by atoms with E-state index in [2.05, 4.69) is 15.5 Å². The van der Waals surface area contributed by atoms with E-state index in [0.29, 0.717) is 6.54 Å². The SMILES string of the molecule is CC(C)C(O)C(C)(C)CNC(=O)Nc1cccc(CN(C)C)c1. The van der Waals surface area contributed by atoms with Gasteiger partial charge in [-0.1, -0.05) is 39.8 Å². The Morgan fingerprint density at radius 1 is 1.30 bits per heavy atom. The number of nitrogens with one attached hydrogen (secondary N) is 2. The number of carbonyl (C=O) groups excluding carboxylic acids is 1. The highest BCUT2D eigenvalue weighted by molar-refractivity contribution is 5.89. The maximum absolute atomic E-state index is 12.1. The van der Waals surface area contributed by atoms with Gasteiger partial charge in [-0.05, 0) is 37.7 Å². The Kier molecular flexibility index (Phi) is 7.03. The van der Waals surface area contributed by atoms with Crippen molar-refractivity contribution in [2.45, 2.75) is 40.3 Å². The van der Waals surface area contributed by atoms with Gasteiger partial charge in [0, 0.05) is 24.2 Å². The summed E-state index contributed by atoms with van der Waals surface area (Å²) in [6, 6.07) is 7.54. The van der Waals surface area contributed by atoms with Gasteiger partial charge < -0.3 is 20.6 Å². The molecule has 0 aliphatic carbocycles. The summed E-state index contributed by atoms with van der Waals surface area (Å²) in [5.41, 5.74) is 1.53. The first-order valence-electron chi connectivity index (χ1n) is 8.08. The number of rotatable bonds is 7. The van der Waals surface area contributed by atoms with E-state index in [1.165, 1.54) is 0 Å². The molecule has 0 spiro atoms. The van der Waals surface area contributed by atoms with Crippen LogP contribution < -0.4 is 10.6 Å². The van der Waals surface area contributed by atoms with Gasteiger partial charge in [-0.25, -0.2) is 4.79 Å². The van der Waals surface area contributed by atoms with E-state index < -0.39 is 6.10 Å². The normalized spacial score (nSPS) is 13.3. The predicted molar refractivity (Wildman–Crippen MR) is 95.5 cm³/mol. The molecule has 0 bridgehead atoms. The van der Waals surface area contributed by atoms with Crippen molar-refractivity contribution in [3.8, 4) is 0 Å². The number of amides is 2. The fraction of sp³-hybridized carbons (Fsp3) is 0.611. The van der Waals surface area contributed by atoms with Crippen molar-refractivity contribution in [3.05, 3.63) is 29.8 Å². The molecule has 0 radical (unpaired) electrons. The zero-order valence-electron chi connectivity index (χ0n) is 15.2. The molecule has 1 aromatic carbocycles. The van der Waals surface area contributed by atoms with Gasteiger partial charge in [0.1, 0.15) is 0 Å². The molecule has 0 saturated carbocycles. The van der Waals surface area contributed by atoms with Gasteiger partial charge in [-0.15, -0.1) is 0 Å². The average molecular weight is 321 g/mol. The van der Waals surface area contributed by atoms with Crippen molar-refractivity contribution in [3.63, 3.8) is 0 Å². The van der Waals surface area contributed by atoms with Gasteiger partial charge in [-0.2, -0.15) is 0 Å². The Morgan fingerprint density at radius 2 is 1.96 bits per heavy atom. The van der Waals surface area contributed by atoms with Crippen LogP contribution in [0.4, 0.5) is 10.5 Å². The fourth-order valence-corrected chi connectivity index (χ4v) is 2.60. The number of carbonyl (C=O) groups is 1. The summed E-state index contributed by atoms with van der Waals surface area (Å²) in [5, 5.41) is 15.9. The maximum atomic E-state index is 12.1. The largest absolute Gasteiger partial charge is 0.392 e. The molecule has 1 rings (SSSR count). The maximum Gasteiger partial charge on any atom is 0.319 e. The number of anilines is 1. The molecule has 0 heterocycles. The highest BCUT2D eigenvalue weighted by Crippen LogP contribution is 2.25. The van der Waals surface area contributed by atoms with Crippen LogP contribution in [0.2, 0.25) is 0 Å². The van der Waals surface area contributed by atoms with Crippen LogP contribution in [-0.4, -0.2) is 42.8 Å². The average Bonchev–Trinajstić information content (AvgIpc) is 2.44. The minimum absolute atomic E-state index is 0.151. The summed E-state index contributed by atoms with van der Waals surface area (Å²) >= 11 is 0. The summed E-state index contributed by atoms with van der Waals surface area (Å²) in [7, 11) is 4.02. The van der Waals surface area contributed by atoms with Crippen molar-refractivity contribution < 1.29 is 9.90 Å². The van der Waals surface area contributed by atoms with E-state index in [4.69, 9.17) is 0 Å². The van der Waals surface area contributed by atoms with Crippen molar-refractivity contribution in [1.82, 2.24) is 10.2 Å². The summed E-state index contributed by atoms with van der Waals surface area (Å²) in [6.07, 6.45) is -0.466. The van der Waals surface area contributed by atoms with Crippen LogP contribution in [-0.2, 0) is 6.54 Å². The molecular weight excluding hydrogens is 290 g/mol. The lowest BCUT2D eigenvalue weighted by Crippen LogP contribution is -2.44. The Hall–Kier alpha value is -1.59. The van der Waals surface area contributed by atoms with E-state index in [1.807, 2.05) is 66.1 Å². The van der Waals surface area contributed by atoms with Crippen molar-refractivity contribution in [1.29, 1.82) is 0 Å². The van der Waals surface area contributed by atoms with Crippen LogP contribution in [0.15, 0.2) is 24.3 Å². The second-order valence-corrected chi connectivity index (χ2v) is 7.42. The third-order valence-corrected chi connectivity index (χ3v) is 3.82. The Balaban J connectivity index is 2.57. The number of aliphatic hydroxyl groups excluding tert-OH is 1. The zero-order chi connectivity index (χ0) is 17.6. The molecule has 0 aromatic heterocycles. The highest BCUT2D eigenvalue weighted by atomic mass is 16.3. The van der Waals surface area contributed by atoms with Crippen LogP contribution in [0.25, 0.3) is 0 Å². The molecule has 5 nitrogen and oxygen atoms in total. The van der Waals surface area contributed by atoms with Gasteiger partial charge in [0.25, 0.3) is 0 Å². The molecule has 2 amide bonds. The van der Waals surface area contributed by atoms with Crippen LogP contribution in [0.5, 0.6) is 0 Å². The molecule has 23 heavy (non-hydrogen) atoms. The van der Waals surface area contributed by atoms with E-state index in [1.54, 1.807) is 0 Å². The number of benzene rings is 1. The number of aliphatic hydroxyl groups is 1. The van der Waals surface area contributed by atoms with Gasteiger partial charge in [0.15, 0.2) is 0 Å². The number of hydrogen-bond donors (Lipinski definition) is 3. The number of nitrogens with zero attached hydrogens (tertiary/aromatic N) is 1. The van der Waals surface area contributed by atoms with Gasteiger partial charge in [-0.3, -0.25) is 0 Å². The Morgan fingerprint density at radius 3 is 2.52 bits per heavy atom. The third-order valence-electron chi connectivity index (χ3n) is 3.82.